The smallest absolute Gasteiger partial charge is 0.188 e. The zero-order chi connectivity index (χ0) is 10.8. The molecule has 0 unspecified atom stereocenters. The molecule has 76 valence electrons. The molecule has 0 aliphatic rings. The summed E-state index contributed by atoms with van der Waals surface area (Å²) in [7, 11) is 0. The molecule has 1 heterocycles. The first-order chi connectivity index (χ1) is 7.16. The molecule has 0 N–H and O–H groups in total. The van der Waals surface area contributed by atoms with Crippen LogP contribution in [0.5, 0.6) is 0 Å². The third-order valence-corrected chi connectivity index (χ3v) is 3.14. The van der Waals surface area contributed by atoms with Crippen molar-refractivity contribution >= 4 is 28.7 Å². The predicted octanol–water partition coefficient (Wildman–Crippen LogP) is 3.67. The van der Waals surface area contributed by atoms with Crippen LogP contribution in [-0.4, -0.2) is 10.8 Å². The molecule has 1 aromatic heterocycles. The van der Waals surface area contributed by atoms with Crippen LogP contribution in [0, 0.1) is 0 Å². The second-order valence-corrected chi connectivity index (χ2v) is 4.40. The molecule has 0 saturated heterocycles. The van der Waals surface area contributed by atoms with Crippen molar-refractivity contribution in [2.45, 2.75) is 6.92 Å². The fourth-order valence-electron chi connectivity index (χ4n) is 1.19. The maximum absolute atomic E-state index is 11.1. The van der Waals surface area contributed by atoms with E-state index < -0.39 is 0 Å². The molecule has 0 aliphatic carbocycles. The first kappa shape index (κ1) is 10.3. The van der Waals surface area contributed by atoms with E-state index in [2.05, 4.69) is 4.98 Å². The number of nitrogens with zero attached hydrogens (tertiary/aromatic N) is 1. The third kappa shape index (κ3) is 2.25. The minimum Gasteiger partial charge on any atom is -0.292 e. The van der Waals surface area contributed by atoms with Gasteiger partial charge in [0, 0.05) is 22.9 Å². The van der Waals surface area contributed by atoms with Gasteiger partial charge in [-0.3, -0.25) is 4.79 Å². The molecule has 1 aromatic carbocycles. The number of rotatable bonds is 2. The molecule has 0 atom stereocenters. The highest BCUT2D eigenvalue weighted by Crippen LogP contribution is 2.23. The van der Waals surface area contributed by atoms with Crippen molar-refractivity contribution in [1.29, 1.82) is 0 Å². The van der Waals surface area contributed by atoms with E-state index in [1.54, 1.807) is 0 Å². The second kappa shape index (κ2) is 4.13. The van der Waals surface area contributed by atoms with Gasteiger partial charge in [0.05, 0.1) is 5.69 Å². The number of hydrogen-bond donors (Lipinski definition) is 0. The van der Waals surface area contributed by atoms with Gasteiger partial charge in [-0.25, -0.2) is 4.98 Å². The summed E-state index contributed by atoms with van der Waals surface area (Å²) in [6, 6.07) is 7.40. The van der Waals surface area contributed by atoms with E-state index in [9.17, 15) is 4.79 Å². The molecule has 0 amide bonds. The molecule has 0 spiro atoms. The van der Waals surface area contributed by atoms with Gasteiger partial charge < -0.3 is 0 Å². The summed E-state index contributed by atoms with van der Waals surface area (Å²) in [6.07, 6.45) is 0. The molecule has 0 fully saturated rings. The van der Waals surface area contributed by atoms with Crippen LogP contribution < -0.4 is 0 Å². The summed E-state index contributed by atoms with van der Waals surface area (Å²) in [6.45, 7) is 1.52. The molecule has 0 bridgehead atoms. The van der Waals surface area contributed by atoms with Gasteiger partial charge in [0.15, 0.2) is 10.8 Å². The number of Topliss-reactive ketones (excluding diaryl/α,β-unsaturated/α-hetero) is 1. The van der Waals surface area contributed by atoms with E-state index >= 15 is 0 Å². The topological polar surface area (TPSA) is 30.0 Å². The molecule has 4 heteroatoms. The van der Waals surface area contributed by atoms with Crippen LogP contribution in [0.15, 0.2) is 29.6 Å². The molecule has 2 aromatic rings. The van der Waals surface area contributed by atoms with Gasteiger partial charge in [-0.2, -0.15) is 0 Å². The van der Waals surface area contributed by atoms with E-state index in [4.69, 9.17) is 11.6 Å². The van der Waals surface area contributed by atoms with Crippen LogP contribution in [0.25, 0.3) is 11.3 Å². The zero-order valence-electron chi connectivity index (χ0n) is 8.03. The number of aromatic nitrogens is 1. The van der Waals surface area contributed by atoms with Crippen molar-refractivity contribution in [3.63, 3.8) is 0 Å². The van der Waals surface area contributed by atoms with Crippen LogP contribution in [-0.2, 0) is 0 Å². The second-order valence-electron chi connectivity index (χ2n) is 3.10. The fourth-order valence-corrected chi connectivity index (χ4v) is 2.04. The standard InChI is InChI=1S/C11H8ClNOS/c1-7(14)11-13-10(6-15-11)8-2-4-9(12)5-3-8/h2-6H,1H3. The summed E-state index contributed by atoms with van der Waals surface area (Å²) in [5, 5.41) is 3.11. The van der Waals surface area contributed by atoms with Crippen LogP contribution >= 0.6 is 22.9 Å². The van der Waals surface area contributed by atoms with Crippen molar-refractivity contribution in [3.05, 3.63) is 39.7 Å². The van der Waals surface area contributed by atoms with Gasteiger partial charge in [0.1, 0.15) is 0 Å². The van der Waals surface area contributed by atoms with Crippen molar-refractivity contribution in [2.75, 3.05) is 0 Å². The number of thiazole rings is 1. The van der Waals surface area contributed by atoms with Gasteiger partial charge in [-0.15, -0.1) is 11.3 Å². The van der Waals surface area contributed by atoms with Crippen molar-refractivity contribution < 1.29 is 4.79 Å². The summed E-state index contributed by atoms with van der Waals surface area (Å²) < 4.78 is 0. The lowest BCUT2D eigenvalue weighted by Crippen LogP contribution is -1.89. The van der Waals surface area contributed by atoms with Crippen LogP contribution in [0.4, 0.5) is 0 Å². The van der Waals surface area contributed by atoms with Gasteiger partial charge in [-0.05, 0) is 12.1 Å². The fraction of sp³-hybridized carbons (Fsp3) is 0.0909. The Balaban J connectivity index is 2.37. The molecule has 0 aliphatic heterocycles. The monoisotopic (exact) mass is 237 g/mol. The lowest BCUT2D eigenvalue weighted by molar-refractivity contribution is 0.101. The lowest BCUT2D eigenvalue weighted by Gasteiger charge is -1.95. The number of carbonyl (C=O) groups is 1. The predicted molar refractivity (Wildman–Crippen MR) is 62.6 cm³/mol. The Morgan fingerprint density at radius 1 is 1.33 bits per heavy atom. The van der Waals surface area contributed by atoms with Gasteiger partial charge >= 0.3 is 0 Å². The van der Waals surface area contributed by atoms with E-state index in [1.807, 2.05) is 29.6 Å². The van der Waals surface area contributed by atoms with Crippen LogP contribution in [0.2, 0.25) is 5.02 Å². The molecule has 2 nitrogen and oxygen atoms in total. The van der Waals surface area contributed by atoms with Crippen LogP contribution in [0.1, 0.15) is 16.7 Å². The van der Waals surface area contributed by atoms with E-state index in [0.29, 0.717) is 10.0 Å². The maximum atomic E-state index is 11.1. The summed E-state index contributed by atoms with van der Waals surface area (Å²) in [5.41, 5.74) is 1.80. The highest BCUT2D eigenvalue weighted by molar-refractivity contribution is 7.12. The Bertz CT molecular complexity index is 490. The first-order valence-electron chi connectivity index (χ1n) is 4.39. The summed E-state index contributed by atoms with van der Waals surface area (Å²) in [5.74, 6) is 0.000198. The normalized spacial score (nSPS) is 10.3. The molecule has 0 radical (unpaired) electrons. The number of benzene rings is 1. The van der Waals surface area contributed by atoms with E-state index in [1.165, 1.54) is 18.3 Å². The Morgan fingerprint density at radius 2 is 2.00 bits per heavy atom. The highest BCUT2D eigenvalue weighted by atomic mass is 35.5. The number of ketones is 1. The molecule has 15 heavy (non-hydrogen) atoms. The third-order valence-electron chi connectivity index (χ3n) is 1.95. The number of hydrogen-bond acceptors (Lipinski definition) is 3. The maximum Gasteiger partial charge on any atom is 0.188 e. The van der Waals surface area contributed by atoms with Crippen LogP contribution in [0.3, 0.4) is 0 Å². The van der Waals surface area contributed by atoms with Gasteiger partial charge in [-0.1, -0.05) is 23.7 Å². The minimum atomic E-state index is 0.000198. The molecule has 2 rings (SSSR count). The zero-order valence-corrected chi connectivity index (χ0v) is 9.60. The average Bonchev–Trinajstić information content (AvgIpc) is 2.68. The van der Waals surface area contributed by atoms with Crippen molar-refractivity contribution in [3.8, 4) is 11.3 Å². The highest BCUT2D eigenvalue weighted by Gasteiger charge is 2.07. The van der Waals surface area contributed by atoms with E-state index in [-0.39, 0.29) is 5.78 Å². The summed E-state index contributed by atoms with van der Waals surface area (Å²) >= 11 is 7.15. The first-order valence-corrected chi connectivity index (χ1v) is 5.65. The SMILES string of the molecule is CC(=O)c1nc(-c2ccc(Cl)cc2)cs1. The Kier molecular flexibility index (Phi) is 2.84. The molecule has 0 saturated carbocycles. The number of carbonyl (C=O) groups excluding carboxylic acids is 1. The average molecular weight is 238 g/mol. The largest absolute Gasteiger partial charge is 0.292 e. The molecular weight excluding hydrogens is 230 g/mol. The molecular formula is C11H8ClNOS. The Hall–Kier alpha value is -1.19. The minimum absolute atomic E-state index is 0.000198. The van der Waals surface area contributed by atoms with Gasteiger partial charge in [0.25, 0.3) is 0 Å². The van der Waals surface area contributed by atoms with Gasteiger partial charge in [0.2, 0.25) is 0 Å². The Morgan fingerprint density at radius 3 is 2.53 bits per heavy atom. The lowest BCUT2D eigenvalue weighted by atomic mass is 10.2. The quantitative estimate of drug-likeness (QED) is 0.746. The van der Waals surface area contributed by atoms with E-state index in [0.717, 1.165) is 11.3 Å². The van der Waals surface area contributed by atoms with Crippen molar-refractivity contribution in [2.24, 2.45) is 0 Å². The number of halogens is 1. The Labute approximate surface area is 96.5 Å². The summed E-state index contributed by atoms with van der Waals surface area (Å²) in [4.78, 5) is 15.3. The van der Waals surface area contributed by atoms with Crippen molar-refractivity contribution in [1.82, 2.24) is 4.98 Å².